The number of amides is 1. The van der Waals surface area contributed by atoms with E-state index in [9.17, 15) is 14.7 Å². The van der Waals surface area contributed by atoms with Crippen LogP contribution in [0.25, 0.3) is 0 Å². The van der Waals surface area contributed by atoms with E-state index in [0.717, 1.165) is 0 Å². The third kappa shape index (κ3) is 5.49. The maximum absolute atomic E-state index is 11.8. The molecule has 1 rings (SSSR count). The van der Waals surface area contributed by atoms with Crippen LogP contribution in [0.1, 0.15) is 46.5 Å². The summed E-state index contributed by atoms with van der Waals surface area (Å²) < 4.78 is 5.14. The number of esters is 1. The highest BCUT2D eigenvalue weighted by Crippen LogP contribution is 2.13. The Labute approximate surface area is 108 Å². The minimum absolute atomic E-state index is 0.0345. The molecule has 0 bridgehead atoms. The summed E-state index contributed by atoms with van der Waals surface area (Å²) in [5.74, 6) is -0.374. The lowest BCUT2D eigenvalue weighted by atomic mass is 10.1. The molecule has 0 radical (unpaired) electrons. The summed E-state index contributed by atoms with van der Waals surface area (Å²) in [4.78, 5) is 25.0. The highest BCUT2D eigenvalue weighted by molar-refractivity contribution is 5.81. The minimum Gasteiger partial charge on any atom is -0.460 e. The first kappa shape index (κ1) is 15.0. The smallest absolute Gasteiger partial charge is 0.306 e. The Morgan fingerprint density at radius 1 is 1.22 bits per heavy atom. The molecule has 1 fully saturated rings. The predicted octanol–water partition coefficient (Wildman–Crippen LogP) is 1.09. The van der Waals surface area contributed by atoms with E-state index >= 15 is 0 Å². The van der Waals surface area contributed by atoms with Gasteiger partial charge >= 0.3 is 5.97 Å². The van der Waals surface area contributed by atoms with E-state index in [1.807, 2.05) is 0 Å². The number of hydrogen-bond donors (Lipinski definition) is 1. The van der Waals surface area contributed by atoms with E-state index in [0.29, 0.717) is 25.9 Å². The summed E-state index contributed by atoms with van der Waals surface area (Å²) in [6.45, 7) is 6.57. The van der Waals surface area contributed by atoms with Gasteiger partial charge in [-0.15, -0.1) is 0 Å². The number of aliphatic hydroxyl groups excluding tert-OH is 1. The average Bonchev–Trinajstić information content (AvgIpc) is 2.24. The van der Waals surface area contributed by atoms with E-state index in [1.54, 1.807) is 25.7 Å². The fourth-order valence-electron chi connectivity index (χ4n) is 1.87. The van der Waals surface area contributed by atoms with Gasteiger partial charge in [-0.25, -0.2) is 0 Å². The Kier molecular flexibility index (Phi) is 5.14. The molecule has 104 valence electrons. The van der Waals surface area contributed by atoms with Crippen molar-refractivity contribution in [1.29, 1.82) is 0 Å². The Balaban J connectivity index is 2.27. The Morgan fingerprint density at radius 2 is 1.78 bits per heavy atom. The van der Waals surface area contributed by atoms with Crippen molar-refractivity contribution in [2.24, 2.45) is 0 Å². The van der Waals surface area contributed by atoms with Crippen molar-refractivity contribution in [2.45, 2.75) is 58.2 Å². The van der Waals surface area contributed by atoms with Gasteiger partial charge in [0.1, 0.15) is 5.60 Å². The number of hydrogen-bond acceptors (Lipinski definition) is 4. The minimum atomic E-state index is -0.505. The molecular weight excluding hydrogens is 234 g/mol. The monoisotopic (exact) mass is 257 g/mol. The zero-order valence-electron chi connectivity index (χ0n) is 11.4. The summed E-state index contributed by atoms with van der Waals surface area (Å²) in [6, 6.07) is 0. The summed E-state index contributed by atoms with van der Waals surface area (Å²) >= 11 is 0. The molecule has 0 unspecified atom stereocenters. The third-order valence-electron chi connectivity index (χ3n) is 2.78. The van der Waals surface area contributed by atoms with Gasteiger partial charge in [0, 0.05) is 19.5 Å². The number of ether oxygens (including phenoxy) is 1. The highest BCUT2D eigenvalue weighted by atomic mass is 16.6. The highest BCUT2D eigenvalue weighted by Gasteiger charge is 2.22. The topological polar surface area (TPSA) is 66.8 Å². The van der Waals surface area contributed by atoms with E-state index in [1.165, 1.54) is 0 Å². The molecule has 0 aromatic carbocycles. The first-order valence-electron chi connectivity index (χ1n) is 6.45. The Morgan fingerprint density at radius 3 is 2.28 bits per heavy atom. The summed E-state index contributed by atoms with van der Waals surface area (Å²) in [7, 11) is 0. The van der Waals surface area contributed by atoms with Crippen LogP contribution in [-0.4, -0.2) is 46.7 Å². The molecule has 18 heavy (non-hydrogen) atoms. The molecule has 0 spiro atoms. The molecule has 0 aromatic rings. The summed E-state index contributed by atoms with van der Waals surface area (Å²) in [6.07, 6.45) is 1.26. The van der Waals surface area contributed by atoms with Gasteiger partial charge in [0.25, 0.3) is 0 Å². The van der Waals surface area contributed by atoms with Gasteiger partial charge < -0.3 is 14.7 Å². The molecule has 0 aliphatic carbocycles. The van der Waals surface area contributed by atoms with Crippen molar-refractivity contribution < 1.29 is 19.4 Å². The quantitative estimate of drug-likeness (QED) is 0.769. The molecule has 1 aliphatic rings. The first-order chi connectivity index (χ1) is 8.28. The van der Waals surface area contributed by atoms with Gasteiger partial charge in [-0.3, -0.25) is 9.59 Å². The maximum Gasteiger partial charge on any atom is 0.306 e. The van der Waals surface area contributed by atoms with Crippen molar-refractivity contribution in [3.05, 3.63) is 0 Å². The molecule has 5 heteroatoms. The largest absolute Gasteiger partial charge is 0.460 e. The molecule has 1 heterocycles. The second-order valence-corrected chi connectivity index (χ2v) is 5.70. The molecule has 0 saturated carbocycles. The van der Waals surface area contributed by atoms with E-state index in [-0.39, 0.29) is 30.8 Å². The van der Waals surface area contributed by atoms with E-state index in [2.05, 4.69) is 0 Å². The number of carbonyl (C=O) groups excluding carboxylic acids is 2. The average molecular weight is 257 g/mol. The molecule has 1 N–H and O–H groups in total. The fourth-order valence-corrected chi connectivity index (χ4v) is 1.87. The molecule has 1 saturated heterocycles. The van der Waals surface area contributed by atoms with Crippen LogP contribution >= 0.6 is 0 Å². The van der Waals surface area contributed by atoms with Crippen LogP contribution < -0.4 is 0 Å². The molecule has 1 amide bonds. The molecule has 0 aromatic heterocycles. The van der Waals surface area contributed by atoms with Crippen LogP contribution in [0.5, 0.6) is 0 Å². The number of carbonyl (C=O) groups is 2. The Bertz CT molecular complexity index is 301. The standard InChI is InChI=1S/C13H23NO4/c1-13(2,3)18-12(17)5-4-11(16)14-8-6-10(15)7-9-14/h10,15H,4-9H2,1-3H3. The first-order valence-corrected chi connectivity index (χ1v) is 6.45. The lowest BCUT2D eigenvalue weighted by molar-refractivity contribution is -0.156. The second kappa shape index (κ2) is 6.18. The zero-order valence-corrected chi connectivity index (χ0v) is 11.4. The normalized spacial score (nSPS) is 17.7. The molecule has 5 nitrogen and oxygen atoms in total. The van der Waals surface area contributed by atoms with Crippen molar-refractivity contribution in [2.75, 3.05) is 13.1 Å². The number of rotatable bonds is 3. The van der Waals surface area contributed by atoms with Crippen molar-refractivity contribution >= 4 is 11.9 Å². The lowest BCUT2D eigenvalue weighted by Crippen LogP contribution is -2.40. The van der Waals surface area contributed by atoms with Crippen molar-refractivity contribution in [1.82, 2.24) is 4.90 Å². The Hall–Kier alpha value is -1.10. The van der Waals surface area contributed by atoms with Crippen LogP contribution in [0.15, 0.2) is 0 Å². The third-order valence-corrected chi connectivity index (χ3v) is 2.78. The van der Waals surface area contributed by atoms with Gasteiger partial charge in [0.2, 0.25) is 5.91 Å². The van der Waals surface area contributed by atoms with Crippen LogP contribution in [0.2, 0.25) is 0 Å². The summed E-state index contributed by atoms with van der Waals surface area (Å²) in [5.41, 5.74) is -0.505. The SMILES string of the molecule is CC(C)(C)OC(=O)CCC(=O)N1CCC(O)CC1. The number of likely N-dealkylation sites (tertiary alicyclic amines) is 1. The van der Waals surface area contributed by atoms with Gasteiger partial charge in [-0.1, -0.05) is 0 Å². The van der Waals surface area contributed by atoms with Crippen molar-refractivity contribution in [3.8, 4) is 0 Å². The predicted molar refractivity (Wildman–Crippen MR) is 66.9 cm³/mol. The molecular formula is C13H23NO4. The van der Waals surface area contributed by atoms with Crippen LogP contribution in [0, 0.1) is 0 Å². The fraction of sp³-hybridized carbons (Fsp3) is 0.846. The summed E-state index contributed by atoms with van der Waals surface area (Å²) in [5, 5.41) is 9.34. The molecule has 1 aliphatic heterocycles. The second-order valence-electron chi connectivity index (χ2n) is 5.70. The zero-order chi connectivity index (χ0) is 13.8. The van der Waals surface area contributed by atoms with Crippen LogP contribution in [-0.2, 0) is 14.3 Å². The molecule has 0 atom stereocenters. The van der Waals surface area contributed by atoms with Gasteiger partial charge in [-0.05, 0) is 33.6 Å². The van der Waals surface area contributed by atoms with Crippen molar-refractivity contribution in [3.63, 3.8) is 0 Å². The van der Waals surface area contributed by atoms with Gasteiger partial charge in [0.05, 0.1) is 12.5 Å². The van der Waals surface area contributed by atoms with E-state index in [4.69, 9.17) is 4.74 Å². The van der Waals surface area contributed by atoms with Gasteiger partial charge in [-0.2, -0.15) is 0 Å². The van der Waals surface area contributed by atoms with Gasteiger partial charge in [0.15, 0.2) is 0 Å². The number of aliphatic hydroxyl groups is 1. The van der Waals surface area contributed by atoms with Crippen LogP contribution in [0.4, 0.5) is 0 Å². The maximum atomic E-state index is 11.8. The lowest BCUT2D eigenvalue weighted by Gasteiger charge is -2.29. The van der Waals surface area contributed by atoms with E-state index < -0.39 is 5.60 Å². The number of nitrogens with zero attached hydrogens (tertiary/aromatic N) is 1. The van der Waals surface area contributed by atoms with Crippen LogP contribution in [0.3, 0.4) is 0 Å². The number of piperidine rings is 1.